The lowest BCUT2D eigenvalue weighted by Crippen LogP contribution is -2.42. The van der Waals surface area contributed by atoms with Crippen LogP contribution < -0.4 is 5.48 Å². The molecule has 1 aliphatic rings. The van der Waals surface area contributed by atoms with Gasteiger partial charge in [0.2, 0.25) is 5.60 Å². The van der Waals surface area contributed by atoms with Crippen molar-refractivity contribution in [2.45, 2.75) is 18.7 Å². The second-order valence-corrected chi connectivity index (χ2v) is 8.46. The normalized spacial score (nSPS) is 20.9. The third-order valence-electron chi connectivity index (χ3n) is 3.50. The third kappa shape index (κ3) is 3.08. The topological polar surface area (TPSA) is 21.3 Å². The van der Waals surface area contributed by atoms with Crippen LogP contribution in [0.2, 0.25) is 10.0 Å². The summed E-state index contributed by atoms with van der Waals surface area (Å²) in [5.74, 6) is 0. The van der Waals surface area contributed by atoms with Gasteiger partial charge in [-0.2, -0.15) is 13.2 Å². The largest absolute Gasteiger partial charge is 0.428 e. The van der Waals surface area contributed by atoms with Gasteiger partial charge in [-0.25, -0.2) is 0 Å². The van der Waals surface area contributed by atoms with E-state index < -0.39 is 11.8 Å². The number of hydrogen-bond donors (Lipinski definition) is 1. The summed E-state index contributed by atoms with van der Waals surface area (Å²) in [6.45, 7) is 1.86. The van der Waals surface area contributed by atoms with E-state index in [1.165, 1.54) is 29.5 Å². The highest BCUT2D eigenvalue weighted by Gasteiger charge is 2.59. The highest BCUT2D eigenvalue weighted by atomic mass is 79.9. The van der Waals surface area contributed by atoms with Crippen LogP contribution in [0.3, 0.4) is 0 Å². The van der Waals surface area contributed by atoms with E-state index in [1.54, 1.807) is 6.07 Å². The first-order valence-electron chi connectivity index (χ1n) is 6.59. The van der Waals surface area contributed by atoms with Gasteiger partial charge >= 0.3 is 6.18 Å². The van der Waals surface area contributed by atoms with Gasteiger partial charge in [0.15, 0.2) is 0 Å². The van der Waals surface area contributed by atoms with Crippen molar-refractivity contribution in [3.63, 3.8) is 0 Å². The van der Waals surface area contributed by atoms with Gasteiger partial charge < -0.3 is 0 Å². The number of thiophene rings is 1. The van der Waals surface area contributed by atoms with E-state index >= 15 is 0 Å². The first-order chi connectivity index (χ1) is 11.1. The zero-order chi connectivity index (χ0) is 17.7. The van der Waals surface area contributed by atoms with Crippen molar-refractivity contribution in [2.24, 2.45) is 0 Å². The standard InChI is InChI=1S/C15H9BrCl2F3NOS/c1-7-2-12(24-13(7)16)11-6-14(23-22-11,15(19,20)21)8-3-9(17)5-10(18)4-8/h2-6,22H,1H3. The number of benzene rings is 1. The summed E-state index contributed by atoms with van der Waals surface area (Å²) in [5.41, 5.74) is 0.697. The van der Waals surface area contributed by atoms with Crippen LogP contribution in [0.15, 0.2) is 34.1 Å². The predicted molar refractivity (Wildman–Crippen MR) is 93.1 cm³/mol. The number of aryl methyl sites for hydroxylation is 1. The van der Waals surface area contributed by atoms with E-state index in [1.807, 2.05) is 6.92 Å². The lowest BCUT2D eigenvalue weighted by atomic mass is 9.92. The van der Waals surface area contributed by atoms with E-state index in [2.05, 4.69) is 21.4 Å². The fraction of sp³-hybridized carbons (Fsp3) is 0.200. The fourth-order valence-electron chi connectivity index (χ4n) is 2.33. The van der Waals surface area contributed by atoms with Crippen molar-refractivity contribution < 1.29 is 18.0 Å². The van der Waals surface area contributed by atoms with Crippen molar-refractivity contribution in [1.82, 2.24) is 5.48 Å². The molecule has 1 atom stereocenters. The maximum atomic E-state index is 13.8. The Bertz CT molecular complexity index is 797. The van der Waals surface area contributed by atoms with Gasteiger partial charge in [0.05, 0.1) is 14.4 Å². The average Bonchev–Trinajstić information content (AvgIpc) is 3.03. The molecule has 1 aromatic heterocycles. The molecule has 0 amide bonds. The van der Waals surface area contributed by atoms with Crippen molar-refractivity contribution in [3.8, 4) is 0 Å². The molecular weight excluding hydrogens is 450 g/mol. The summed E-state index contributed by atoms with van der Waals surface area (Å²) in [4.78, 5) is 5.65. The van der Waals surface area contributed by atoms with E-state index in [9.17, 15) is 13.2 Å². The first-order valence-corrected chi connectivity index (χ1v) is 8.95. The average molecular weight is 459 g/mol. The molecule has 9 heteroatoms. The molecule has 2 aromatic rings. The van der Waals surface area contributed by atoms with E-state index in [-0.39, 0.29) is 21.3 Å². The van der Waals surface area contributed by atoms with Gasteiger partial charge in [0, 0.05) is 15.6 Å². The van der Waals surface area contributed by atoms with Crippen LogP contribution in [0, 0.1) is 6.92 Å². The summed E-state index contributed by atoms with van der Waals surface area (Å²) >= 11 is 16.4. The maximum Gasteiger partial charge on any atom is 0.428 e. The molecule has 0 radical (unpaired) electrons. The van der Waals surface area contributed by atoms with Gasteiger partial charge in [-0.15, -0.1) is 11.3 Å². The molecular formula is C15H9BrCl2F3NOS. The lowest BCUT2D eigenvalue weighted by molar-refractivity contribution is -0.269. The van der Waals surface area contributed by atoms with E-state index in [0.717, 1.165) is 15.4 Å². The monoisotopic (exact) mass is 457 g/mol. The third-order valence-corrected chi connectivity index (χ3v) is 6.11. The number of alkyl halides is 3. The molecule has 24 heavy (non-hydrogen) atoms. The summed E-state index contributed by atoms with van der Waals surface area (Å²) < 4.78 is 42.4. The number of rotatable bonds is 2. The molecule has 0 spiro atoms. The number of hydroxylamine groups is 1. The van der Waals surface area contributed by atoms with Crippen molar-refractivity contribution in [2.75, 3.05) is 0 Å². The Morgan fingerprint density at radius 3 is 2.29 bits per heavy atom. The van der Waals surface area contributed by atoms with Crippen molar-refractivity contribution >= 4 is 56.2 Å². The summed E-state index contributed by atoms with van der Waals surface area (Å²) in [7, 11) is 0. The zero-order valence-corrected chi connectivity index (χ0v) is 15.9. The number of hydrogen-bond acceptors (Lipinski definition) is 3. The van der Waals surface area contributed by atoms with Crippen molar-refractivity contribution in [1.29, 1.82) is 0 Å². The molecule has 1 aliphatic heterocycles. The molecule has 1 unspecified atom stereocenters. The van der Waals surface area contributed by atoms with Gasteiger partial charge in [-0.1, -0.05) is 23.2 Å². The second kappa shape index (κ2) is 6.21. The maximum absolute atomic E-state index is 13.8. The predicted octanol–water partition coefficient (Wildman–Crippen LogP) is 6.46. The SMILES string of the molecule is Cc1cc(C2=CC(c3cc(Cl)cc(Cl)c3)(C(F)(F)F)ON2)sc1Br. The number of nitrogens with one attached hydrogen (secondary N) is 1. The Morgan fingerprint density at radius 1 is 1.17 bits per heavy atom. The van der Waals surface area contributed by atoms with Crippen LogP contribution in [0.25, 0.3) is 5.70 Å². The van der Waals surface area contributed by atoms with Gasteiger partial charge in [0.1, 0.15) is 0 Å². The highest BCUT2D eigenvalue weighted by molar-refractivity contribution is 9.11. The second-order valence-electron chi connectivity index (χ2n) is 5.22. The van der Waals surface area contributed by atoms with Crippen LogP contribution in [-0.4, -0.2) is 6.18 Å². The molecule has 3 rings (SSSR count). The molecule has 0 fully saturated rings. The van der Waals surface area contributed by atoms with Crippen LogP contribution in [-0.2, 0) is 10.4 Å². The molecule has 0 aliphatic carbocycles. The fourth-order valence-corrected chi connectivity index (χ4v) is 4.35. The lowest BCUT2D eigenvalue weighted by Gasteiger charge is -2.28. The molecule has 2 nitrogen and oxygen atoms in total. The van der Waals surface area contributed by atoms with Crippen LogP contribution >= 0.6 is 50.5 Å². The Labute approximate surface area is 158 Å². The van der Waals surface area contributed by atoms with Crippen molar-refractivity contribution in [3.05, 3.63) is 60.2 Å². The van der Waals surface area contributed by atoms with Crippen LogP contribution in [0.4, 0.5) is 13.2 Å². The zero-order valence-electron chi connectivity index (χ0n) is 12.0. The summed E-state index contributed by atoms with van der Waals surface area (Å²) in [6, 6.07) is 5.52. The minimum absolute atomic E-state index is 0.0984. The van der Waals surface area contributed by atoms with Crippen LogP contribution in [0.1, 0.15) is 16.0 Å². The first kappa shape index (κ1) is 18.1. The highest BCUT2D eigenvalue weighted by Crippen LogP contribution is 2.49. The van der Waals surface area contributed by atoms with E-state index in [0.29, 0.717) is 4.88 Å². The summed E-state index contributed by atoms with van der Waals surface area (Å²) in [6.07, 6.45) is -3.70. The number of halogens is 6. The molecule has 1 N–H and O–H groups in total. The van der Waals surface area contributed by atoms with Crippen LogP contribution in [0.5, 0.6) is 0 Å². The molecule has 1 aromatic carbocycles. The molecule has 2 heterocycles. The van der Waals surface area contributed by atoms with Gasteiger partial charge in [-0.3, -0.25) is 10.3 Å². The Morgan fingerprint density at radius 2 is 1.79 bits per heavy atom. The Kier molecular flexibility index (Phi) is 4.68. The minimum Gasteiger partial charge on any atom is -0.264 e. The minimum atomic E-state index is -4.71. The molecule has 0 saturated heterocycles. The van der Waals surface area contributed by atoms with Gasteiger partial charge in [0.25, 0.3) is 0 Å². The smallest absolute Gasteiger partial charge is 0.264 e. The van der Waals surface area contributed by atoms with E-state index in [4.69, 9.17) is 28.0 Å². The summed E-state index contributed by atoms with van der Waals surface area (Å²) in [5, 5.41) is 0.197. The molecule has 128 valence electrons. The molecule has 0 saturated carbocycles. The Hall–Kier alpha value is -0.730. The quantitative estimate of drug-likeness (QED) is 0.557. The Balaban J connectivity index is 2.15. The van der Waals surface area contributed by atoms with Gasteiger partial charge in [-0.05, 0) is 58.8 Å². The molecule has 0 bridgehead atoms.